The number of ether oxygens (including phenoxy) is 2. The molecule has 0 spiro atoms. The first-order chi connectivity index (χ1) is 27.4. The molecule has 0 saturated carbocycles. The Morgan fingerprint density at radius 2 is 1.78 bits per heavy atom. The maximum absolute atomic E-state index is 14.0. The first kappa shape index (κ1) is 43.8. The number of rotatable bonds is 18. The summed E-state index contributed by atoms with van der Waals surface area (Å²) >= 11 is 7.04. The topological polar surface area (TPSA) is 168 Å². The van der Waals surface area contributed by atoms with Gasteiger partial charge < -0.3 is 19.1 Å². The summed E-state index contributed by atoms with van der Waals surface area (Å²) in [5.41, 5.74) is 3.62. The van der Waals surface area contributed by atoms with E-state index in [-0.39, 0.29) is 46.2 Å². The predicted molar refractivity (Wildman–Crippen MR) is 222 cm³/mol. The molecular formula is C42H47ClFN5O8S. The van der Waals surface area contributed by atoms with Gasteiger partial charge in [0.15, 0.2) is 4.90 Å². The zero-order valence-corrected chi connectivity index (χ0v) is 33.3. The number of carbonyl (C=O) groups is 1. The lowest BCUT2D eigenvalue weighted by Crippen LogP contribution is -2.25. The number of benzene rings is 4. The van der Waals surface area contributed by atoms with Crippen LogP contribution in [0.4, 0.5) is 10.1 Å². The maximum Gasteiger partial charge on any atom is 0.355 e. The van der Waals surface area contributed by atoms with Crippen molar-refractivity contribution < 1.29 is 37.1 Å². The van der Waals surface area contributed by atoms with E-state index in [1.165, 1.54) is 30.3 Å². The van der Waals surface area contributed by atoms with Crippen molar-refractivity contribution in [2.75, 3.05) is 19.8 Å². The molecule has 0 aliphatic heterocycles. The normalized spacial score (nSPS) is 11.6. The average Bonchev–Trinajstić information content (AvgIpc) is 3.68. The molecule has 308 valence electrons. The van der Waals surface area contributed by atoms with E-state index in [1.54, 1.807) is 36.9 Å². The first-order valence-corrected chi connectivity index (χ1v) is 20.5. The molecule has 0 aliphatic carbocycles. The lowest BCUT2D eigenvalue weighted by Gasteiger charge is -2.15. The van der Waals surface area contributed by atoms with Crippen molar-refractivity contribution in [1.82, 2.24) is 19.1 Å². The van der Waals surface area contributed by atoms with E-state index >= 15 is 0 Å². The van der Waals surface area contributed by atoms with Crippen LogP contribution in [0.3, 0.4) is 0 Å². The van der Waals surface area contributed by atoms with E-state index in [0.717, 1.165) is 22.5 Å². The van der Waals surface area contributed by atoms with Gasteiger partial charge in [-0.1, -0.05) is 56.3 Å². The Hall–Kier alpha value is -5.35. The van der Waals surface area contributed by atoms with Crippen molar-refractivity contribution in [2.24, 2.45) is 7.05 Å². The summed E-state index contributed by atoms with van der Waals surface area (Å²) < 4.78 is 58.0. The van der Waals surface area contributed by atoms with Gasteiger partial charge in [-0.2, -0.15) is 5.10 Å². The van der Waals surface area contributed by atoms with E-state index in [2.05, 4.69) is 9.82 Å². The number of nitrogens with zero attached hydrogens (tertiary/aromatic N) is 4. The van der Waals surface area contributed by atoms with Crippen molar-refractivity contribution in [1.29, 1.82) is 0 Å². The summed E-state index contributed by atoms with van der Waals surface area (Å²) in [6.07, 6.45) is 2.15. The fraction of sp³-hybridized carbons (Fsp3) is 0.333. The van der Waals surface area contributed by atoms with Crippen molar-refractivity contribution in [3.05, 3.63) is 116 Å². The molecular weight excluding hydrogens is 789 g/mol. The third-order valence-corrected chi connectivity index (χ3v) is 11.6. The Morgan fingerprint density at radius 1 is 1.02 bits per heavy atom. The van der Waals surface area contributed by atoms with Gasteiger partial charge in [0.25, 0.3) is 5.69 Å². The van der Waals surface area contributed by atoms with Crippen LogP contribution in [-0.2, 0) is 47.8 Å². The Balaban J connectivity index is 0.00000641. The summed E-state index contributed by atoms with van der Waals surface area (Å²) in [6, 6.07) is 18.7. The highest BCUT2D eigenvalue weighted by Gasteiger charge is 2.30. The predicted octanol–water partition coefficient (Wildman–Crippen LogP) is 8.53. The number of aromatic nitrogens is 3. The van der Waals surface area contributed by atoms with Crippen molar-refractivity contribution in [2.45, 2.75) is 71.4 Å². The number of aliphatic hydroxyl groups excluding tert-OH is 1. The average molecular weight is 836 g/mol. The zero-order chi connectivity index (χ0) is 40.9. The Morgan fingerprint density at radius 3 is 2.50 bits per heavy atom. The number of sulfonamides is 1. The molecule has 0 saturated heterocycles. The number of nitro benzene ring substituents is 1. The van der Waals surface area contributed by atoms with Crippen molar-refractivity contribution in [3.63, 3.8) is 0 Å². The molecule has 58 heavy (non-hydrogen) atoms. The third kappa shape index (κ3) is 8.87. The minimum atomic E-state index is -4.20. The van der Waals surface area contributed by atoms with Gasteiger partial charge in [0.1, 0.15) is 17.3 Å². The highest BCUT2D eigenvalue weighted by Crippen LogP contribution is 2.43. The minimum absolute atomic E-state index is 0. The van der Waals surface area contributed by atoms with Crippen LogP contribution in [0.25, 0.3) is 32.8 Å². The number of fused-ring (bicyclic) bond motifs is 2. The number of hydrogen-bond donors (Lipinski definition) is 2. The molecule has 0 aliphatic rings. The summed E-state index contributed by atoms with van der Waals surface area (Å²) in [5.74, 6) is -0.290. The highest BCUT2D eigenvalue weighted by molar-refractivity contribution is 7.89. The molecule has 0 radical (unpaired) electrons. The van der Waals surface area contributed by atoms with Crippen LogP contribution >= 0.6 is 11.6 Å². The van der Waals surface area contributed by atoms with Crippen LogP contribution in [0.2, 0.25) is 5.02 Å². The molecule has 0 amide bonds. The van der Waals surface area contributed by atoms with E-state index in [9.17, 15) is 32.8 Å². The first-order valence-electron chi connectivity index (χ1n) is 18.6. The second-order valence-electron chi connectivity index (χ2n) is 13.3. The molecule has 0 atom stereocenters. The van der Waals surface area contributed by atoms with Crippen LogP contribution in [0.15, 0.2) is 77.7 Å². The molecule has 2 heterocycles. The highest BCUT2D eigenvalue weighted by atomic mass is 35.5. The molecule has 2 aromatic heterocycles. The number of hydrogen-bond acceptors (Lipinski definition) is 9. The van der Waals surface area contributed by atoms with Crippen LogP contribution in [0.1, 0.15) is 68.0 Å². The van der Waals surface area contributed by atoms with Crippen LogP contribution < -0.4 is 9.46 Å². The lowest BCUT2D eigenvalue weighted by atomic mass is 9.97. The van der Waals surface area contributed by atoms with Crippen LogP contribution in [0, 0.1) is 15.9 Å². The fourth-order valence-corrected chi connectivity index (χ4v) is 8.85. The molecule has 6 rings (SSSR count). The molecule has 16 heteroatoms. The number of halogens is 2. The summed E-state index contributed by atoms with van der Waals surface area (Å²) in [4.78, 5) is 24.3. The number of para-hydroxylation sites is 1. The molecule has 2 N–H and O–H groups in total. The zero-order valence-electron chi connectivity index (χ0n) is 31.8. The van der Waals surface area contributed by atoms with E-state index < -0.39 is 31.5 Å². The summed E-state index contributed by atoms with van der Waals surface area (Å²) in [5, 5.41) is 29.1. The number of aliphatic hydroxyl groups is 1. The second kappa shape index (κ2) is 18.9. The smallest absolute Gasteiger partial charge is 0.355 e. The largest absolute Gasteiger partial charge is 0.493 e. The van der Waals surface area contributed by atoms with Crippen molar-refractivity contribution >= 4 is 55.0 Å². The number of unbranched alkanes of at least 4 members (excludes halogenated alkanes) is 1. The van der Waals surface area contributed by atoms with Crippen LogP contribution in [0.5, 0.6) is 5.75 Å². The van der Waals surface area contributed by atoms with Gasteiger partial charge in [-0.25, -0.2) is 22.3 Å². The number of carbonyl (C=O) groups excluding carboxylic acids is 1. The Labute approximate surface area is 341 Å². The van der Waals surface area contributed by atoms with Gasteiger partial charge in [0.05, 0.1) is 41.0 Å². The second-order valence-corrected chi connectivity index (χ2v) is 15.5. The number of aryl methyl sites for hydroxylation is 3. The van der Waals surface area contributed by atoms with E-state index in [0.29, 0.717) is 81.9 Å². The van der Waals surface area contributed by atoms with Gasteiger partial charge in [-0.05, 0) is 86.4 Å². The van der Waals surface area contributed by atoms with Gasteiger partial charge >= 0.3 is 5.97 Å². The van der Waals surface area contributed by atoms with Crippen molar-refractivity contribution in [3.8, 4) is 16.9 Å². The summed E-state index contributed by atoms with van der Waals surface area (Å²) in [7, 11) is -2.41. The Bertz CT molecular complexity index is 2570. The number of esters is 1. The number of nitro groups is 1. The molecule has 13 nitrogen and oxygen atoms in total. The van der Waals surface area contributed by atoms with Crippen LogP contribution in [-0.4, -0.2) is 58.5 Å². The quantitative estimate of drug-likeness (QED) is 0.0373. The fourth-order valence-electron chi connectivity index (χ4n) is 7.36. The monoisotopic (exact) mass is 835 g/mol. The Kier molecular flexibility index (Phi) is 14.3. The minimum Gasteiger partial charge on any atom is -0.493 e. The number of nitrogens with one attached hydrogen (secondary N) is 1. The van der Waals surface area contributed by atoms with Gasteiger partial charge in [0.2, 0.25) is 10.0 Å². The SMILES string of the molecule is C.CCOC(=O)c1c(CCCOc2cccc3cc(F)ccc23)c2ccc(Cl)c(-c3c(CO)nn(C)c3CC)c2n1CCCCNS(=O)(=O)c1ccccc1[N+](=O)[O-]. The van der Waals surface area contributed by atoms with E-state index in [1.807, 2.05) is 29.7 Å². The molecule has 4 aromatic carbocycles. The molecule has 0 bridgehead atoms. The van der Waals surface area contributed by atoms with E-state index in [4.69, 9.17) is 21.1 Å². The maximum atomic E-state index is 14.0. The molecule has 0 fully saturated rings. The molecule has 6 aromatic rings. The third-order valence-electron chi connectivity index (χ3n) is 9.80. The van der Waals surface area contributed by atoms with Gasteiger partial charge in [0, 0.05) is 53.8 Å². The van der Waals surface area contributed by atoms with Gasteiger partial charge in [-0.3, -0.25) is 14.8 Å². The molecule has 0 unspecified atom stereocenters. The summed E-state index contributed by atoms with van der Waals surface area (Å²) in [6.45, 7) is 3.94. The lowest BCUT2D eigenvalue weighted by molar-refractivity contribution is -0.387. The standard InChI is InChI=1S/C41H43ClFN5O8S.CH4/c1-4-33-38(32(25-49)45-46(33)3)37-31(42)20-19-30-29(13-11-23-56-35-15-10-12-26-24-27(43)17-18-28(26)35)40(41(50)55-5-2)47(39(30)37)22-9-8-21-44-57(53,54)36-16-7-6-14-34(36)48(51)52;/h6-7,10,12,14-20,24,44,49H,4-5,8-9,11,13,21-23,25H2,1-3H3;1H4. The van der Waals surface area contributed by atoms with Gasteiger partial charge in [-0.15, -0.1) is 0 Å².